The van der Waals surface area contributed by atoms with Crippen LogP contribution >= 0.6 is 0 Å². The molecular weight excluding hydrogens is 732 g/mol. The number of nitrogen functional groups attached to an aromatic ring is 1. The van der Waals surface area contributed by atoms with Gasteiger partial charge in [0.05, 0.1) is 35.9 Å². The van der Waals surface area contributed by atoms with Crippen molar-refractivity contribution in [3.63, 3.8) is 0 Å². The van der Waals surface area contributed by atoms with E-state index in [-0.39, 0.29) is 36.9 Å². The van der Waals surface area contributed by atoms with E-state index in [9.17, 15) is 39.5 Å². The van der Waals surface area contributed by atoms with E-state index in [0.29, 0.717) is 38.8 Å². The molecule has 8 rings (SSSR count). The standard InChI is InChI=1S/C33H33F10N7O3/c1-3-15-6-50-18(5-45-15)25(33(41,42)43)53-27-19-24(22(35)23(46-27)16-4-17(44)21(34)14(2)20(16)32(38,39)40)47-28(48-26(19)50)52-13-30(7-31(30,36)37)10-49-8-29(9-49)11-51-12-29/h4,15,18,25,45H,3,5-13,44H2,1-2H3/t15-,18+,25?,30-/m1/s1. The van der Waals surface area contributed by atoms with Crippen molar-refractivity contribution in [3.05, 3.63) is 28.8 Å². The highest BCUT2D eigenvalue weighted by Gasteiger charge is 2.73. The van der Waals surface area contributed by atoms with Gasteiger partial charge >= 0.3 is 18.4 Å². The van der Waals surface area contributed by atoms with Gasteiger partial charge in [-0.3, -0.25) is 0 Å². The molecule has 10 nitrogen and oxygen atoms in total. The number of nitrogens with zero attached hydrogens (tertiary/aromatic N) is 5. The van der Waals surface area contributed by atoms with Crippen molar-refractivity contribution in [2.45, 2.75) is 63.2 Å². The Morgan fingerprint density at radius 3 is 2.34 bits per heavy atom. The predicted octanol–water partition coefficient (Wildman–Crippen LogP) is 5.50. The number of halogens is 10. The topological polar surface area (TPSA) is 111 Å². The first kappa shape index (κ1) is 36.1. The number of alkyl halides is 8. The second-order valence-electron chi connectivity index (χ2n) is 14.9. The molecule has 20 heteroatoms. The van der Waals surface area contributed by atoms with E-state index in [1.165, 1.54) is 4.90 Å². The van der Waals surface area contributed by atoms with Crippen LogP contribution in [0.3, 0.4) is 0 Å². The lowest BCUT2D eigenvalue weighted by atomic mass is 9.77. The van der Waals surface area contributed by atoms with Crippen molar-refractivity contribution >= 4 is 22.4 Å². The lowest BCUT2D eigenvalue weighted by Gasteiger charge is -2.55. The van der Waals surface area contributed by atoms with Crippen molar-refractivity contribution in [1.82, 2.24) is 25.2 Å². The van der Waals surface area contributed by atoms with E-state index >= 15 is 4.39 Å². The molecule has 53 heavy (non-hydrogen) atoms. The molecule has 1 saturated carbocycles. The van der Waals surface area contributed by atoms with E-state index in [4.69, 9.17) is 19.9 Å². The zero-order valence-corrected chi connectivity index (χ0v) is 28.2. The molecule has 0 radical (unpaired) electrons. The average Bonchev–Trinajstić information content (AvgIpc) is 3.63. The Morgan fingerprint density at radius 2 is 1.75 bits per heavy atom. The molecule has 2 aromatic heterocycles. The SMILES string of the molecule is CC[C@@H]1CN2c3nc(OC[C@]4(CN5CC6(COC6)C5)CC4(F)F)nc4c(F)c(-c5cc(N)c(F)c(C)c5C(F)(F)F)nc(c34)OC(C(F)(F)F)[C@@H]2CN1. The number of rotatable bonds is 7. The van der Waals surface area contributed by atoms with Crippen LogP contribution in [-0.2, 0) is 10.9 Å². The molecule has 0 amide bonds. The van der Waals surface area contributed by atoms with Gasteiger partial charge in [-0.2, -0.15) is 36.3 Å². The van der Waals surface area contributed by atoms with Crippen LogP contribution in [0.1, 0.15) is 30.9 Å². The molecule has 1 aromatic carbocycles. The van der Waals surface area contributed by atoms with E-state index in [1.54, 1.807) is 6.92 Å². The molecule has 288 valence electrons. The highest BCUT2D eigenvalue weighted by atomic mass is 19.4. The number of fused-ring (bicyclic) bond motifs is 2. The number of anilines is 2. The molecule has 5 aliphatic rings. The first-order valence-electron chi connectivity index (χ1n) is 16.9. The summed E-state index contributed by atoms with van der Waals surface area (Å²) >= 11 is 0. The number of piperazine rings is 1. The summed E-state index contributed by atoms with van der Waals surface area (Å²) < 4.78 is 165. The Labute approximate surface area is 295 Å². The summed E-state index contributed by atoms with van der Waals surface area (Å²) in [5.41, 5.74) is -2.73. The second kappa shape index (κ2) is 11.8. The fraction of sp³-hybridized carbons (Fsp3) is 0.606. The minimum atomic E-state index is -5.31. The van der Waals surface area contributed by atoms with Gasteiger partial charge in [0.1, 0.15) is 34.8 Å². The summed E-state index contributed by atoms with van der Waals surface area (Å²) in [6.45, 7) is 3.55. The fourth-order valence-electron chi connectivity index (χ4n) is 8.09. The van der Waals surface area contributed by atoms with Gasteiger partial charge in [-0.25, -0.2) is 22.5 Å². The zero-order chi connectivity index (χ0) is 38.0. The number of nitrogens with one attached hydrogen (secondary N) is 1. The van der Waals surface area contributed by atoms with Gasteiger partial charge in [0.25, 0.3) is 5.92 Å². The molecule has 1 spiro atoms. The van der Waals surface area contributed by atoms with Crippen molar-refractivity contribution in [2.24, 2.45) is 10.8 Å². The Hall–Kier alpha value is -3.91. The van der Waals surface area contributed by atoms with Crippen LogP contribution < -0.4 is 25.4 Å². The minimum Gasteiger partial charge on any atom is -0.463 e. The third-order valence-electron chi connectivity index (χ3n) is 11.0. The quantitative estimate of drug-likeness (QED) is 0.237. The van der Waals surface area contributed by atoms with Gasteiger partial charge < -0.3 is 35.1 Å². The molecule has 1 aliphatic carbocycles. The number of likely N-dealkylation sites (tertiary alicyclic amines) is 1. The lowest BCUT2D eigenvalue weighted by molar-refractivity contribution is -0.201. The molecule has 1 unspecified atom stereocenters. The summed E-state index contributed by atoms with van der Waals surface area (Å²) in [5.74, 6) is -7.45. The number of benzene rings is 1. The van der Waals surface area contributed by atoms with Crippen LogP contribution in [0.15, 0.2) is 6.07 Å². The second-order valence-corrected chi connectivity index (χ2v) is 14.9. The van der Waals surface area contributed by atoms with Crippen molar-refractivity contribution in [1.29, 1.82) is 0 Å². The van der Waals surface area contributed by atoms with Gasteiger partial charge in [-0.1, -0.05) is 6.92 Å². The summed E-state index contributed by atoms with van der Waals surface area (Å²) in [6, 6.07) is -2.17. The predicted molar refractivity (Wildman–Crippen MR) is 168 cm³/mol. The minimum absolute atomic E-state index is 0.0561. The number of nitrogens with two attached hydrogens (primary N) is 1. The number of pyridine rings is 1. The van der Waals surface area contributed by atoms with Gasteiger partial charge in [-0.15, -0.1) is 0 Å². The summed E-state index contributed by atoms with van der Waals surface area (Å²) in [7, 11) is 0. The normalized spacial score (nSPS) is 27.5. The van der Waals surface area contributed by atoms with Gasteiger partial charge in [0.15, 0.2) is 5.82 Å². The summed E-state index contributed by atoms with van der Waals surface area (Å²) in [5, 5.41) is 2.50. The smallest absolute Gasteiger partial charge is 0.427 e. The van der Waals surface area contributed by atoms with Crippen molar-refractivity contribution < 1.29 is 58.1 Å². The number of hydrogen-bond acceptors (Lipinski definition) is 10. The average molecular weight is 766 g/mol. The molecule has 3 saturated heterocycles. The molecule has 3 aromatic rings. The third kappa shape index (κ3) is 5.77. The number of aromatic nitrogens is 3. The van der Waals surface area contributed by atoms with Crippen LogP contribution in [0, 0.1) is 29.4 Å². The molecule has 4 fully saturated rings. The molecule has 4 aliphatic heterocycles. The lowest BCUT2D eigenvalue weighted by Crippen LogP contribution is -2.66. The molecular formula is C33H33F10N7O3. The van der Waals surface area contributed by atoms with Crippen LogP contribution in [0.5, 0.6) is 11.9 Å². The Morgan fingerprint density at radius 1 is 1.06 bits per heavy atom. The molecule has 3 N–H and O–H groups in total. The van der Waals surface area contributed by atoms with Crippen molar-refractivity contribution in [2.75, 3.05) is 63.2 Å². The number of hydrogen-bond donors (Lipinski definition) is 2. The van der Waals surface area contributed by atoms with Crippen LogP contribution in [0.4, 0.5) is 55.4 Å². The largest absolute Gasteiger partial charge is 0.463 e. The number of ether oxygens (including phenoxy) is 3. The van der Waals surface area contributed by atoms with Crippen LogP contribution in [0.25, 0.3) is 22.2 Å². The highest BCUT2D eigenvalue weighted by Crippen LogP contribution is 2.62. The summed E-state index contributed by atoms with van der Waals surface area (Å²) in [6.07, 6.45) is -13.1. The van der Waals surface area contributed by atoms with E-state index in [0.717, 1.165) is 6.92 Å². The maximum absolute atomic E-state index is 16.8. The monoisotopic (exact) mass is 765 g/mol. The first-order chi connectivity index (χ1) is 24.8. The Bertz CT molecular complexity index is 1980. The van der Waals surface area contributed by atoms with Gasteiger partial charge in [0.2, 0.25) is 12.0 Å². The molecule has 4 atom stereocenters. The Kier molecular flexibility index (Phi) is 8.03. The van der Waals surface area contributed by atoms with Gasteiger partial charge in [0, 0.05) is 56.2 Å². The summed E-state index contributed by atoms with van der Waals surface area (Å²) in [4.78, 5) is 15.3. The third-order valence-corrected chi connectivity index (χ3v) is 11.0. The fourth-order valence-corrected chi connectivity index (χ4v) is 8.09. The maximum Gasteiger partial charge on any atom is 0.427 e. The van der Waals surface area contributed by atoms with Crippen molar-refractivity contribution in [3.8, 4) is 23.1 Å². The molecule has 6 heterocycles. The maximum atomic E-state index is 16.8. The van der Waals surface area contributed by atoms with Crippen LogP contribution in [-0.4, -0.2) is 103 Å². The van der Waals surface area contributed by atoms with E-state index < -0.39 is 111 Å². The Balaban J connectivity index is 1.28. The zero-order valence-electron chi connectivity index (χ0n) is 28.2. The highest BCUT2D eigenvalue weighted by molar-refractivity contribution is 5.97. The molecule has 0 bridgehead atoms. The van der Waals surface area contributed by atoms with E-state index in [2.05, 4.69) is 20.3 Å². The van der Waals surface area contributed by atoms with Crippen LogP contribution in [0.2, 0.25) is 0 Å². The first-order valence-corrected chi connectivity index (χ1v) is 16.9. The van der Waals surface area contributed by atoms with E-state index in [1.807, 2.05) is 4.90 Å². The van der Waals surface area contributed by atoms with Gasteiger partial charge in [-0.05, 0) is 25.0 Å².